The second kappa shape index (κ2) is 6.17. The molecule has 0 aromatic carbocycles. The molecule has 5 heteroatoms. The van der Waals surface area contributed by atoms with E-state index in [1.807, 2.05) is 26.0 Å². The first kappa shape index (κ1) is 15.7. The molecule has 102 valence electrons. The monoisotopic (exact) mass is 332 g/mol. The number of rotatable bonds is 5. The van der Waals surface area contributed by atoms with E-state index in [0.717, 1.165) is 8.66 Å². The van der Waals surface area contributed by atoms with Crippen molar-refractivity contribution in [3.05, 3.63) is 20.8 Å². The lowest BCUT2D eigenvalue weighted by molar-refractivity contribution is -0.124. The maximum absolute atomic E-state index is 12.3. The maximum Gasteiger partial charge on any atom is 0.228 e. The minimum Gasteiger partial charge on any atom is -0.349 e. The van der Waals surface area contributed by atoms with Crippen LogP contribution >= 0.6 is 27.3 Å². The average molecular weight is 333 g/mol. The van der Waals surface area contributed by atoms with Crippen LogP contribution in [0, 0.1) is 5.92 Å². The summed E-state index contributed by atoms with van der Waals surface area (Å²) < 4.78 is 1.04. The number of nitrogens with one attached hydrogen (secondary N) is 1. The first-order chi connectivity index (χ1) is 8.30. The van der Waals surface area contributed by atoms with Crippen LogP contribution in [0.2, 0.25) is 0 Å². The lowest BCUT2D eigenvalue weighted by atomic mass is 9.88. The molecule has 0 fully saturated rings. The van der Waals surface area contributed by atoms with Crippen molar-refractivity contribution in [1.29, 1.82) is 0 Å². The summed E-state index contributed by atoms with van der Waals surface area (Å²) in [5.74, 6) is 0.186. The van der Waals surface area contributed by atoms with Gasteiger partial charge < -0.3 is 11.1 Å². The van der Waals surface area contributed by atoms with E-state index in [1.165, 1.54) is 0 Å². The van der Waals surface area contributed by atoms with Gasteiger partial charge in [0, 0.05) is 11.4 Å². The largest absolute Gasteiger partial charge is 0.349 e. The fourth-order valence-electron chi connectivity index (χ4n) is 1.51. The van der Waals surface area contributed by atoms with Gasteiger partial charge in [-0.15, -0.1) is 11.3 Å². The second-order valence-corrected chi connectivity index (χ2v) is 7.62. The van der Waals surface area contributed by atoms with Crippen LogP contribution in [-0.2, 0) is 4.79 Å². The highest BCUT2D eigenvalue weighted by atomic mass is 79.9. The van der Waals surface area contributed by atoms with Crippen LogP contribution in [0.5, 0.6) is 0 Å². The van der Waals surface area contributed by atoms with E-state index in [1.54, 1.807) is 11.3 Å². The summed E-state index contributed by atoms with van der Waals surface area (Å²) in [5.41, 5.74) is 5.43. The zero-order valence-corrected chi connectivity index (χ0v) is 13.7. The van der Waals surface area contributed by atoms with Gasteiger partial charge in [0.05, 0.1) is 15.2 Å². The molecule has 0 aliphatic rings. The quantitative estimate of drug-likeness (QED) is 0.870. The zero-order valence-electron chi connectivity index (χ0n) is 11.3. The summed E-state index contributed by atoms with van der Waals surface area (Å²) in [6.45, 7) is 8.49. The molecule has 0 bridgehead atoms. The first-order valence-electron chi connectivity index (χ1n) is 6.07. The van der Waals surface area contributed by atoms with Crippen LogP contribution in [0.4, 0.5) is 0 Å². The molecule has 1 aromatic rings. The van der Waals surface area contributed by atoms with E-state index in [9.17, 15) is 4.79 Å². The maximum atomic E-state index is 12.3. The SMILES string of the molecule is CC(C(=O)NC(C)(CN)C(C)C)c1ccc(Br)s1. The molecule has 1 heterocycles. The summed E-state index contributed by atoms with van der Waals surface area (Å²) in [7, 11) is 0. The van der Waals surface area contributed by atoms with Crippen LogP contribution in [0.1, 0.15) is 38.5 Å². The molecule has 0 aliphatic carbocycles. The molecule has 0 aliphatic heterocycles. The number of thiophene rings is 1. The van der Waals surface area contributed by atoms with Crippen molar-refractivity contribution in [2.45, 2.75) is 39.2 Å². The number of carbonyl (C=O) groups excluding carboxylic acids is 1. The van der Waals surface area contributed by atoms with Crippen molar-refractivity contribution < 1.29 is 4.79 Å². The molecular formula is C13H21BrN2OS. The summed E-state index contributed by atoms with van der Waals surface area (Å²) >= 11 is 5.01. The van der Waals surface area contributed by atoms with E-state index >= 15 is 0 Å². The number of halogens is 1. The van der Waals surface area contributed by atoms with Gasteiger partial charge in [0.1, 0.15) is 0 Å². The fraction of sp³-hybridized carbons (Fsp3) is 0.615. The molecule has 1 rings (SSSR count). The summed E-state index contributed by atoms with van der Waals surface area (Å²) in [6.07, 6.45) is 0. The zero-order chi connectivity index (χ0) is 13.9. The minimum atomic E-state index is -0.347. The van der Waals surface area contributed by atoms with Crippen LogP contribution in [0.15, 0.2) is 15.9 Å². The topological polar surface area (TPSA) is 55.1 Å². The number of carbonyl (C=O) groups is 1. The molecule has 1 amide bonds. The van der Waals surface area contributed by atoms with E-state index < -0.39 is 0 Å². The molecular weight excluding hydrogens is 312 g/mol. The molecule has 2 atom stereocenters. The Bertz CT molecular complexity index is 419. The summed E-state index contributed by atoms with van der Waals surface area (Å²) in [6, 6.07) is 3.95. The van der Waals surface area contributed by atoms with Crippen LogP contribution in [0.3, 0.4) is 0 Å². The molecule has 18 heavy (non-hydrogen) atoms. The van der Waals surface area contributed by atoms with E-state index in [2.05, 4.69) is 35.1 Å². The average Bonchev–Trinajstić information content (AvgIpc) is 2.74. The Labute approximate surface area is 121 Å². The van der Waals surface area contributed by atoms with Crippen LogP contribution in [0.25, 0.3) is 0 Å². The highest BCUT2D eigenvalue weighted by molar-refractivity contribution is 9.11. The van der Waals surface area contributed by atoms with Gasteiger partial charge in [0.15, 0.2) is 0 Å². The Morgan fingerprint density at radius 2 is 2.11 bits per heavy atom. The fourth-order valence-corrected chi connectivity index (χ4v) is 2.99. The molecule has 0 saturated carbocycles. The molecule has 3 nitrogen and oxygen atoms in total. The standard InChI is InChI=1S/C13H21BrN2OS/c1-8(2)13(4,7-15)16-12(17)9(3)10-5-6-11(14)18-10/h5-6,8-9H,7,15H2,1-4H3,(H,16,17). The van der Waals surface area contributed by atoms with Crippen molar-refractivity contribution >= 4 is 33.2 Å². The Kier molecular flexibility index (Phi) is 5.37. The summed E-state index contributed by atoms with van der Waals surface area (Å²) in [5, 5.41) is 3.08. The predicted molar refractivity (Wildman–Crippen MR) is 80.9 cm³/mol. The lowest BCUT2D eigenvalue weighted by Crippen LogP contribution is -2.55. The Hall–Kier alpha value is -0.390. The van der Waals surface area contributed by atoms with Gasteiger partial charge in [-0.2, -0.15) is 0 Å². The Morgan fingerprint density at radius 1 is 1.50 bits per heavy atom. The van der Waals surface area contributed by atoms with Gasteiger partial charge in [0.25, 0.3) is 0 Å². The smallest absolute Gasteiger partial charge is 0.228 e. The highest BCUT2D eigenvalue weighted by Crippen LogP contribution is 2.29. The van der Waals surface area contributed by atoms with Gasteiger partial charge in [0.2, 0.25) is 5.91 Å². The van der Waals surface area contributed by atoms with Gasteiger partial charge in [-0.05, 0) is 47.8 Å². The molecule has 0 spiro atoms. The third-order valence-electron chi connectivity index (χ3n) is 3.52. The molecule has 3 N–H and O–H groups in total. The Morgan fingerprint density at radius 3 is 2.50 bits per heavy atom. The van der Waals surface area contributed by atoms with E-state index in [-0.39, 0.29) is 17.4 Å². The second-order valence-electron chi connectivity index (χ2n) is 5.13. The first-order valence-corrected chi connectivity index (χ1v) is 7.68. The minimum absolute atomic E-state index is 0.0333. The van der Waals surface area contributed by atoms with E-state index in [0.29, 0.717) is 12.5 Å². The third kappa shape index (κ3) is 3.56. The van der Waals surface area contributed by atoms with Crippen molar-refractivity contribution in [3.8, 4) is 0 Å². The van der Waals surface area contributed by atoms with Gasteiger partial charge in [-0.25, -0.2) is 0 Å². The molecule has 0 radical (unpaired) electrons. The van der Waals surface area contributed by atoms with Gasteiger partial charge >= 0.3 is 0 Å². The molecule has 2 unspecified atom stereocenters. The summed E-state index contributed by atoms with van der Waals surface area (Å²) in [4.78, 5) is 13.3. The number of nitrogens with two attached hydrogens (primary N) is 1. The molecule has 0 saturated heterocycles. The van der Waals surface area contributed by atoms with Crippen molar-refractivity contribution in [1.82, 2.24) is 5.32 Å². The predicted octanol–water partition coefficient (Wildman–Crippen LogP) is 3.10. The lowest BCUT2D eigenvalue weighted by Gasteiger charge is -2.34. The number of hydrogen-bond acceptors (Lipinski definition) is 3. The van der Waals surface area contributed by atoms with E-state index in [4.69, 9.17) is 5.73 Å². The number of hydrogen-bond donors (Lipinski definition) is 2. The van der Waals surface area contributed by atoms with Crippen molar-refractivity contribution in [3.63, 3.8) is 0 Å². The van der Waals surface area contributed by atoms with Crippen LogP contribution in [-0.4, -0.2) is 18.0 Å². The van der Waals surface area contributed by atoms with Crippen molar-refractivity contribution in [2.24, 2.45) is 11.7 Å². The molecule has 1 aromatic heterocycles. The number of amides is 1. The van der Waals surface area contributed by atoms with Crippen molar-refractivity contribution in [2.75, 3.05) is 6.54 Å². The normalized spacial score (nSPS) is 16.4. The Balaban J connectivity index is 2.76. The van der Waals surface area contributed by atoms with Crippen LogP contribution < -0.4 is 11.1 Å². The van der Waals surface area contributed by atoms with Gasteiger partial charge in [-0.1, -0.05) is 13.8 Å². The highest BCUT2D eigenvalue weighted by Gasteiger charge is 2.30. The van der Waals surface area contributed by atoms with Gasteiger partial charge in [-0.3, -0.25) is 4.79 Å². The third-order valence-corrected chi connectivity index (χ3v) is 5.33.